The molecular formula is C16H23N3O2S. The number of amides is 1. The van der Waals surface area contributed by atoms with E-state index in [-0.39, 0.29) is 17.9 Å². The maximum atomic E-state index is 11.8. The highest BCUT2D eigenvalue weighted by Crippen LogP contribution is 2.21. The minimum absolute atomic E-state index is 0.00672. The first kappa shape index (κ1) is 16.8. The van der Waals surface area contributed by atoms with E-state index in [1.807, 2.05) is 38.1 Å². The smallest absolute Gasteiger partial charge is 0.230 e. The molecule has 0 radical (unpaired) electrons. The van der Waals surface area contributed by atoms with Gasteiger partial charge < -0.3 is 15.4 Å². The summed E-state index contributed by atoms with van der Waals surface area (Å²) in [4.78, 5) is 19.4. The quantitative estimate of drug-likeness (QED) is 0.516. The van der Waals surface area contributed by atoms with Crippen molar-refractivity contribution in [1.29, 1.82) is 0 Å². The van der Waals surface area contributed by atoms with Crippen LogP contribution in [-0.4, -0.2) is 39.9 Å². The fraction of sp³-hybridized carbons (Fsp3) is 0.500. The van der Waals surface area contributed by atoms with E-state index < -0.39 is 0 Å². The number of hydrogen-bond acceptors (Lipinski definition) is 4. The predicted molar refractivity (Wildman–Crippen MR) is 89.9 cm³/mol. The molecule has 1 aromatic carbocycles. The van der Waals surface area contributed by atoms with Crippen LogP contribution < -0.4 is 5.32 Å². The molecule has 0 aliphatic carbocycles. The van der Waals surface area contributed by atoms with Crippen molar-refractivity contribution in [3.63, 3.8) is 0 Å². The molecule has 1 aromatic heterocycles. The molecule has 0 saturated carbocycles. The van der Waals surface area contributed by atoms with Crippen LogP contribution in [0.15, 0.2) is 29.4 Å². The number of H-pyrrole nitrogens is 1. The minimum atomic E-state index is -0.0756. The molecule has 22 heavy (non-hydrogen) atoms. The average molecular weight is 321 g/mol. The van der Waals surface area contributed by atoms with Crippen molar-refractivity contribution in [2.24, 2.45) is 5.41 Å². The molecular weight excluding hydrogens is 298 g/mol. The van der Waals surface area contributed by atoms with Gasteiger partial charge in [0, 0.05) is 13.2 Å². The van der Waals surface area contributed by atoms with Gasteiger partial charge in [0.05, 0.1) is 16.8 Å². The van der Waals surface area contributed by atoms with E-state index in [1.54, 1.807) is 0 Å². The van der Waals surface area contributed by atoms with Gasteiger partial charge in [-0.1, -0.05) is 37.7 Å². The number of carbonyl (C=O) groups is 1. The predicted octanol–water partition coefficient (Wildman–Crippen LogP) is 2.57. The summed E-state index contributed by atoms with van der Waals surface area (Å²) in [5.41, 5.74) is 1.82. The van der Waals surface area contributed by atoms with Gasteiger partial charge in [-0.2, -0.15) is 0 Å². The Morgan fingerprint density at radius 3 is 2.91 bits per heavy atom. The SMILES string of the molecule is CC(C)(CO)CCCNC(=O)CSc1nc2ccccc2[nH]1. The lowest BCUT2D eigenvalue weighted by molar-refractivity contribution is -0.118. The van der Waals surface area contributed by atoms with Gasteiger partial charge in [-0.3, -0.25) is 4.79 Å². The normalized spacial score (nSPS) is 11.8. The van der Waals surface area contributed by atoms with Crippen molar-refractivity contribution < 1.29 is 9.90 Å². The number of carbonyl (C=O) groups excluding carboxylic acids is 1. The number of para-hydroxylation sites is 2. The van der Waals surface area contributed by atoms with E-state index in [2.05, 4.69) is 15.3 Å². The maximum absolute atomic E-state index is 11.8. The zero-order valence-electron chi connectivity index (χ0n) is 13.1. The number of thioether (sulfide) groups is 1. The van der Waals surface area contributed by atoms with Gasteiger partial charge in [0.15, 0.2) is 5.16 Å². The van der Waals surface area contributed by atoms with E-state index >= 15 is 0 Å². The number of nitrogens with one attached hydrogen (secondary N) is 2. The van der Waals surface area contributed by atoms with Crippen molar-refractivity contribution in [2.75, 3.05) is 18.9 Å². The summed E-state index contributed by atoms with van der Waals surface area (Å²) in [6, 6.07) is 7.81. The molecule has 0 aliphatic rings. The third kappa shape index (κ3) is 5.03. The largest absolute Gasteiger partial charge is 0.396 e. The number of aliphatic hydroxyl groups excluding tert-OH is 1. The fourth-order valence-electron chi connectivity index (χ4n) is 2.06. The van der Waals surface area contributed by atoms with Gasteiger partial charge in [-0.25, -0.2) is 4.98 Å². The second kappa shape index (κ2) is 7.65. The monoisotopic (exact) mass is 321 g/mol. The van der Waals surface area contributed by atoms with Crippen LogP contribution in [0.1, 0.15) is 26.7 Å². The van der Waals surface area contributed by atoms with Gasteiger partial charge in [0.2, 0.25) is 5.91 Å². The third-order valence-corrected chi connectivity index (χ3v) is 4.36. The Labute approximate surface area is 134 Å². The molecule has 2 rings (SSSR count). The van der Waals surface area contributed by atoms with Crippen molar-refractivity contribution in [1.82, 2.24) is 15.3 Å². The molecule has 0 saturated heterocycles. The zero-order chi connectivity index (χ0) is 16.0. The Morgan fingerprint density at radius 2 is 2.18 bits per heavy atom. The summed E-state index contributed by atoms with van der Waals surface area (Å²) >= 11 is 1.40. The number of nitrogens with zero attached hydrogens (tertiary/aromatic N) is 1. The molecule has 0 spiro atoms. The first-order valence-corrected chi connectivity index (χ1v) is 8.44. The van der Waals surface area contributed by atoms with Gasteiger partial charge in [-0.05, 0) is 30.4 Å². The summed E-state index contributed by atoms with van der Waals surface area (Å²) in [6.45, 7) is 4.85. The molecule has 1 amide bonds. The number of rotatable bonds is 8. The lowest BCUT2D eigenvalue weighted by Crippen LogP contribution is -2.27. The molecule has 5 nitrogen and oxygen atoms in total. The molecule has 0 atom stereocenters. The van der Waals surface area contributed by atoms with E-state index in [1.165, 1.54) is 11.8 Å². The van der Waals surface area contributed by atoms with E-state index in [9.17, 15) is 9.90 Å². The number of aromatic nitrogens is 2. The summed E-state index contributed by atoms with van der Waals surface area (Å²) in [6.07, 6.45) is 1.76. The fourth-order valence-corrected chi connectivity index (χ4v) is 2.77. The van der Waals surface area contributed by atoms with E-state index in [0.29, 0.717) is 12.3 Å². The second-order valence-electron chi connectivity index (χ2n) is 6.12. The number of imidazole rings is 1. The first-order valence-electron chi connectivity index (χ1n) is 7.45. The Bertz CT molecular complexity index is 592. The third-order valence-electron chi connectivity index (χ3n) is 3.49. The van der Waals surface area contributed by atoms with Crippen LogP contribution in [0.5, 0.6) is 0 Å². The van der Waals surface area contributed by atoms with Crippen molar-refractivity contribution in [3.8, 4) is 0 Å². The Morgan fingerprint density at radius 1 is 1.41 bits per heavy atom. The van der Waals surface area contributed by atoms with Crippen molar-refractivity contribution >= 4 is 28.7 Å². The molecule has 0 unspecified atom stereocenters. The molecule has 6 heteroatoms. The van der Waals surface area contributed by atoms with Crippen LogP contribution in [0.4, 0.5) is 0 Å². The average Bonchev–Trinajstić information content (AvgIpc) is 2.92. The van der Waals surface area contributed by atoms with Gasteiger partial charge in [0.25, 0.3) is 0 Å². The second-order valence-corrected chi connectivity index (χ2v) is 7.09. The number of benzene rings is 1. The van der Waals surface area contributed by atoms with Gasteiger partial charge >= 0.3 is 0 Å². The molecule has 0 aliphatic heterocycles. The number of aromatic amines is 1. The molecule has 0 fully saturated rings. The van der Waals surface area contributed by atoms with Crippen molar-refractivity contribution in [3.05, 3.63) is 24.3 Å². The number of aliphatic hydroxyl groups is 1. The first-order chi connectivity index (χ1) is 10.5. The van der Waals surface area contributed by atoms with Crippen molar-refractivity contribution in [2.45, 2.75) is 31.8 Å². The molecule has 1 heterocycles. The summed E-state index contributed by atoms with van der Waals surface area (Å²) in [5.74, 6) is 0.357. The topological polar surface area (TPSA) is 78.0 Å². The van der Waals surface area contributed by atoms with Crippen LogP contribution in [0, 0.1) is 5.41 Å². The van der Waals surface area contributed by atoms with Crippen LogP contribution in [0.3, 0.4) is 0 Å². The highest BCUT2D eigenvalue weighted by atomic mass is 32.2. The highest BCUT2D eigenvalue weighted by Gasteiger charge is 2.15. The highest BCUT2D eigenvalue weighted by molar-refractivity contribution is 7.99. The number of fused-ring (bicyclic) bond motifs is 1. The summed E-state index contributed by atoms with van der Waals surface area (Å²) in [5, 5.41) is 12.8. The van der Waals surface area contributed by atoms with E-state index in [0.717, 1.165) is 29.0 Å². The molecule has 0 bridgehead atoms. The molecule has 3 N–H and O–H groups in total. The zero-order valence-corrected chi connectivity index (χ0v) is 13.9. The summed E-state index contributed by atoms with van der Waals surface area (Å²) < 4.78 is 0. The van der Waals surface area contributed by atoms with Crippen LogP contribution in [0.2, 0.25) is 0 Å². The lowest BCUT2D eigenvalue weighted by Gasteiger charge is -2.21. The number of hydrogen-bond donors (Lipinski definition) is 3. The minimum Gasteiger partial charge on any atom is -0.396 e. The van der Waals surface area contributed by atoms with E-state index in [4.69, 9.17) is 0 Å². The van der Waals surface area contributed by atoms with Crippen LogP contribution in [-0.2, 0) is 4.79 Å². The van der Waals surface area contributed by atoms with Gasteiger partial charge in [0.1, 0.15) is 0 Å². The summed E-state index contributed by atoms with van der Waals surface area (Å²) in [7, 11) is 0. The van der Waals surface area contributed by atoms with Crippen LogP contribution >= 0.6 is 11.8 Å². The van der Waals surface area contributed by atoms with Crippen LogP contribution in [0.25, 0.3) is 11.0 Å². The van der Waals surface area contributed by atoms with Gasteiger partial charge in [-0.15, -0.1) is 0 Å². The Hall–Kier alpha value is -1.53. The molecule has 120 valence electrons. The Kier molecular flexibility index (Phi) is 5.85. The Balaban J connectivity index is 1.69. The lowest BCUT2D eigenvalue weighted by atomic mass is 9.89. The maximum Gasteiger partial charge on any atom is 0.230 e. The molecule has 2 aromatic rings. The standard InChI is InChI=1S/C16H23N3O2S/c1-16(2,11-20)8-5-9-17-14(21)10-22-15-18-12-6-3-4-7-13(12)19-15/h3-4,6-7,20H,5,8-11H2,1-2H3,(H,17,21)(H,18,19).